The van der Waals surface area contributed by atoms with E-state index in [1.807, 2.05) is 13.0 Å². The van der Waals surface area contributed by atoms with Gasteiger partial charge >= 0.3 is 0 Å². The highest BCUT2D eigenvalue weighted by atomic mass is 32.2. The van der Waals surface area contributed by atoms with Crippen LogP contribution in [0.1, 0.15) is 24.0 Å². The Hall–Kier alpha value is -2.69. The van der Waals surface area contributed by atoms with Crippen LogP contribution in [0.3, 0.4) is 0 Å². The highest BCUT2D eigenvalue weighted by molar-refractivity contribution is 7.89. The summed E-state index contributed by atoms with van der Waals surface area (Å²) in [5.74, 6) is -0.416. The van der Waals surface area contributed by atoms with Crippen LogP contribution in [0.4, 0.5) is 5.69 Å². The van der Waals surface area contributed by atoms with E-state index in [0.717, 1.165) is 5.56 Å². The molecule has 0 aliphatic carbocycles. The van der Waals surface area contributed by atoms with Gasteiger partial charge in [-0.3, -0.25) is 4.79 Å². The van der Waals surface area contributed by atoms with E-state index in [4.69, 9.17) is 5.26 Å². The molecule has 0 aromatic heterocycles. The van der Waals surface area contributed by atoms with Crippen LogP contribution in [0, 0.1) is 18.3 Å². The van der Waals surface area contributed by atoms with Gasteiger partial charge in [-0.1, -0.05) is 29.8 Å². The van der Waals surface area contributed by atoms with E-state index in [2.05, 4.69) is 5.32 Å². The number of nitrogens with one attached hydrogen (secondary N) is 1. The predicted molar refractivity (Wildman–Crippen MR) is 97.9 cm³/mol. The summed E-state index contributed by atoms with van der Waals surface area (Å²) in [6.45, 7) is 2.18. The van der Waals surface area contributed by atoms with Crippen molar-refractivity contribution in [1.29, 1.82) is 5.26 Å². The van der Waals surface area contributed by atoms with Crippen molar-refractivity contribution in [1.82, 2.24) is 4.31 Å². The minimum absolute atomic E-state index is 0.181. The molecule has 2 aromatic carbocycles. The largest absolute Gasteiger partial charge is 0.323 e. The minimum Gasteiger partial charge on any atom is -0.323 e. The van der Waals surface area contributed by atoms with Crippen molar-refractivity contribution in [2.45, 2.75) is 30.7 Å². The zero-order valence-corrected chi connectivity index (χ0v) is 15.2. The summed E-state index contributed by atoms with van der Waals surface area (Å²) >= 11 is 0. The zero-order valence-electron chi connectivity index (χ0n) is 14.3. The van der Waals surface area contributed by atoms with Crippen LogP contribution in [0.5, 0.6) is 0 Å². The van der Waals surface area contributed by atoms with Gasteiger partial charge in [0.2, 0.25) is 15.9 Å². The molecule has 1 aliphatic heterocycles. The van der Waals surface area contributed by atoms with Crippen molar-refractivity contribution < 1.29 is 13.2 Å². The van der Waals surface area contributed by atoms with Gasteiger partial charge in [-0.05, 0) is 44.0 Å². The van der Waals surface area contributed by atoms with Crippen LogP contribution in [-0.2, 0) is 14.8 Å². The molecule has 3 rings (SSSR count). The fraction of sp³-hybridized carbons (Fsp3) is 0.263. The maximum atomic E-state index is 12.9. The summed E-state index contributed by atoms with van der Waals surface area (Å²) < 4.78 is 27.1. The number of sulfonamides is 1. The molecule has 1 unspecified atom stereocenters. The van der Waals surface area contributed by atoms with E-state index in [0.29, 0.717) is 30.6 Å². The predicted octanol–water partition coefficient (Wildman–Crippen LogP) is 2.66. The Labute approximate surface area is 153 Å². The Balaban J connectivity index is 1.85. The smallest absolute Gasteiger partial charge is 0.243 e. The molecule has 2 aromatic rings. The van der Waals surface area contributed by atoms with Crippen molar-refractivity contribution >= 4 is 21.6 Å². The molecule has 1 saturated heterocycles. The van der Waals surface area contributed by atoms with E-state index in [9.17, 15) is 13.2 Å². The molecule has 1 N–H and O–H groups in total. The zero-order chi connectivity index (χ0) is 18.7. The van der Waals surface area contributed by atoms with Gasteiger partial charge in [0.05, 0.1) is 16.1 Å². The lowest BCUT2D eigenvalue weighted by atomic mass is 10.1. The number of nitriles is 1. The fourth-order valence-electron chi connectivity index (χ4n) is 3.04. The summed E-state index contributed by atoms with van der Waals surface area (Å²) in [6, 6.07) is 14.5. The lowest BCUT2D eigenvalue weighted by Crippen LogP contribution is -2.43. The Kier molecular flexibility index (Phi) is 5.07. The first-order valence-electron chi connectivity index (χ1n) is 8.32. The number of aryl methyl sites for hydroxylation is 1. The van der Waals surface area contributed by atoms with Gasteiger partial charge < -0.3 is 5.32 Å². The van der Waals surface area contributed by atoms with Crippen LogP contribution in [-0.4, -0.2) is 31.2 Å². The second kappa shape index (κ2) is 7.28. The Bertz CT molecular complexity index is 962. The molecule has 1 heterocycles. The molecule has 6 nitrogen and oxygen atoms in total. The van der Waals surface area contributed by atoms with E-state index in [-0.39, 0.29) is 4.90 Å². The number of carbonyl (C=O) groups is 1. The molecule has 0 spiro atoms. The molecule has 1 amide bonds. The molecule has 134 valence electrons. The van der Waals surface area contributed by atoms with Crippen LogP contribution < -0.4 is 5.32 Å². The number of hydrogen-bond acceptors (Lipinski definition) is 4. The molecule has 7 heteroatoms. The van der Waals surface area contributed by atoms with E-state index in [1.165, 1.54) is 4.31 Å². The Morgan fingerprint density at radius 3 is 2.58 bits per heavy atom. The molecule has 1 atom stereocenters. The molecular weight excluding hydrogens is 350 g/mol. The topological polar surface area (TPSA) is 90.3 Å². The van der Waals surface area contributed by atoms with Gasteiger partial charge in [-0.15, -0.1) is 0 Å². The first-order valence-corrected chi connectivity index (χ1v) is 9.76. The lowest BCUT2D eigenvalue weighted by molar-refractivity contribution is -0.119. The van der Waals surface area contributed by atoms with Gasteiger partial charge in [-0.2, -0.15) is 9.57 Å². The summed E-state index contributed by atoms with van der Waals surface area (Å²) in [7, 11) is -3.75. The van der Waals surface area contributed by atoms with Gasteiger partial charge in [0.1, 0.15) is 12.1 Å². The number of rotatable bonds is 4. The number of hydrogen-bond donors (Lipinski definition) is 1. The summed E-state index contributed by atoms with van der Waals surface area (Å²) in [5.41, 5.74) is 1.69. The van der Waals surface area contributed by atoms with E-state index < -0.39 is 22.0 Å². The van der Waals surface area contributed by atoms with Crippen molar-refractivity contribution in [3.63, 3.8) is 0 Å². The van der Waals surface area contributed by atoms with Crippen LogP contribution in [0.25, 0.3) is 0 Å². The van der Waals surface area contributed by atoms with Crippen LogP contribution in [0.15, 0.2) is 53.4 Å². The van der Waals surface area contributed by atoms with Crippen molar-refractivity contribution in [3.8, 4) is 6.07 Å². The maximum absolute atomic E-state index is 12.9. The van der Waals surface area contributed by atoms with Crippen molar-refractivity contribution in [2.75, 3.05) is 11.9 Å². The molecule has 0 saturated carbocycles. The molecule has 1 fully saturated rings. The van der Waals surface area contributed by atoms with Gasteiger partial charge in [-0.25, -0.2) is 8.42 Å². The summed E-state index contributed by atoms with van der Waals surface area (Å²) in [6.07, 6.45) is 1.06. The minimum atomic E-state index is -3.75. The number of carbonyl (C=O) groups excluding carboxylic acids is 1. The third-order valence-corrected chi connectivity index (χ3v) is 6.36. The van der Waals surface area contributed by atoms with Crippen LogP contribution in [0.2, 0.25) is 0 Å². The molecular formula is C19H19N3O3S. The third kappa shape index (κ3) is 3.47. The Morgan fingerprint density at radius 2 is 1.88 bits per heavy atom. The van der Waals surface area contributed by atoms with Crippen molar-refractivity contribution in [3.05, 3.63) is 59.7 Å². The lowest BCUT2D eigenvalue weighted by Gasteiger charge is -2.23. The van der Waals surface area contributed by atoms with Gasteiger partial charge in [0.15, 0.2) is 0 Å². The van der Waals surface area contributed by atoms with E-state index in [1.54, 1.807) is 48.5 Å². The molecule has 0 bridgehead atoms. The number of anilines is 1. The first kappa shape index (κ1) is 18.1. The normalized spacial score (nSPS) is 17.6. The Morgan fingerprint density at radius 1 is 1.19 bits per heavy atom. The monoisotopic (exact) mass is 369 g/mol. The van der Waals surface area contributed by atoms with Gasteiger partial charge in [0.25, 0.3) is 0 Å². The molecule has 0 radical (unpaired) electrons. The summed E-state index contributed by atoms with van der Waals surface area (Å²) in [4.78, 5) is 12.9. The van der Waals surface area contributed by atoms with Gasteiger partial charge in [0, 0.05) is 6.54 Å². The van der Waals surface area contributed by atoms with Crippen LogP contribution >= 0.6 is 0 Å². The third-order valence-electron chi connectivity index (χ3n) is 4.44. The number of amides is 1. The summed E-state index contributed by atoms with van der Waals surface area (Å²) in [5, 5.41) is 11.8. The van der Waals surface area contributed by atoms with E-state index >= 15 is 0 Å². The molecule has 26 heavy (non-hydrogen) atoms. The molecule has 1 aliphatic rings. The average molecular weight is 369 g/mol. The standard InChI is InChI=1S/C19H19N3O3S/c1-14-8-10-16(11-9-14)26(24,25)22-12-4-7-18(22)19(23)21-17-6-3-2-5-15(17)13-20/h2-3,5-6,8-11,18H,4,7,12H2,1H3,(H,21,23). The number of para-hydroxylation sites is 1. The highest BCUT2D eigenvalue weighted by Gasteiger charge is 2.39. The second-order valence-electron chi connectivity index (χ2n) is 6.23. The number of nitrogens with zero attached hydrogens (tertiary/aromatic N) is 2. The fourth-order valence-corrected chi connectivity index (χ4v) is 4.70. The second-order valence-corrected chi connectivity index (χ2v) is 8.12. The maximum Gasteiger partial charge on any atom is 0.243 e. The highest BCUT2D eigenvalue weighted by Crippen LogP contribution is 2.27. The average Bonchev–Trinajstić information content (AvgIpc) is 3.13. The first-order chi connectivity index (χ1) is 12.4. The number of benzene rings is 2. The quantitative estimate of drug-likeness (QED) is 0.897. The SMILES string of the molecule is Cc1ccc(S(=O)(=O)N2CCCC2C(=O)Nc2ccccc2C#N)cc1. The van der Waals surface area contributed by atoms with Crippen molar-refractivity contribution in [2.24, 2.45) is 0 Å².